The highest BCUT2D eigenvalue weighted by atomic mass is 35.5. The number of carbonyl (C=O) groups excluding carboxylic acids is 1. The fourth-order valence-electron chi connectivity index (χ4n) is 5.87. The van der Waals surface area contributed by atoms with Gasteiger partial charge in [0.15, 0.2) is 0 Å². The molecule has 210 valence electrons. The van der Waals surface area contributed by atoms with Gasteiger partial charge in [0.25, 0.3) is 0 Å². The first-order chi connectivity index (χ1) is 20.0. The van der Waals surface area contributed by atoms with Crippen molar-refractivity contribution in [2.24, 2.45) is 0 Å². The van der Waals surface area contributed by atoms with Gasteiger partial charge in [-0.3, -0.25) is 4.90 Å². The van der Waals surface area contributed by atoms with Crippen LogP contribution in [0.3, 0.4) is 0 Å². The van der Waals surface area contributed by atoms with Crippen molar-refractivity contribution in [3.8, 4) is 0 Å². The summed E-state index contributed by atoms with van der Waals surface area (Å²) in [6, 6.07) is 16.4. The lowest BCUT2D eigenvalue weighted by molar-refractivity contribution is -0.0592. The minimum Gasteiger partial charge on any atom is -0.465 e. The molecule has 41 heavy (non-hydrogen) atoms. The van der Waals surface area contributed by atoms with E-state index in [1.807, 2.05) is 24.3 Å². The van der Waals surface area contributed by atoms with Gasteiger partial charge in [-0.05, 0) is 53.9 Å². The minimum atomic E-state index is -0.366. The van der Waals surface area contributed by atoms with Gasteiger partial charge >= 0.3 is 5.97 Å². The minimum absolute atomic E-state index is 0.141. The molecule has 1 unspecified atom stereocenters. The Hall–Kier alpha value is -3.79. The average Bonchev–Trinajstić information content (AvgIpc) is 3.49. The quantitative estimate of drug-likeness (QED) is 0.244. The Kier molecular flexibility index (Phi) is 6.73. The van der Waals surface area contributed by atoms with E-state index in [0.717, 1.165) is 65.4 Å². The molecule has 2 aliphatic rings. The predicted molar refractivity (Wildman–Crippen MR) is 153 cm³/mol. The SMILES string of the molecule is COC(=O)c1ccc2nc(CN3CCn4c(nc5c(Cc6ccc(Cl)cc6F)cccc54)C3)n(CC3CCO3)c2c1. The average molecular weight is 574 g/mol. The Morgan fingerprint density at radius 2 is 1.98 bits per heavy atom. The van der Waals surface area contributed by atoms with Crippen molar-refractivity contribution in [1.82, 2.24) is 24.0 Å². The molecular weight excluding hydrogens is 545 g/mol. The first-order valence-electron chi connectivity index (χ1n) is 13.8. The smallest absolute Gasteiger partial charge is 0.337 e. The van der Waals surface area contributed by atoms with Gasteiger partial charge < -0.3 is 18.6 Å². The van der Waals surface area contributed by atoms with Crippen LogP contribution in [0.4, 0.5) is 4.39 Å². The van der Waals surface area contributed by atoms with Crippen LogP contribution < -0.4 is 0 Å². The summed E-state index contributed by atoms with van der Waals surface area (Å²) in [4.78, 5) is 24.6. The summed E-state index contributed by atoms with van der Waals surface area (Å²) < 4.78 is 29.7. The molecule has 4 heterocycles. The van der Waals surface area contributed by atoms with Gasteiger partial charge in [0.05, 0.1) is 60.5 Å². The van der Waals surface area contributed by atoms with Crippen molar-refractivity contribution in [2.45, 2.75) is 45.1 Å². The van der Waals surface area contributed by atoms with Crippen molar-refractivity contribution in [3.63, 3.8) is 0 Å². The van der Waals surface area contributed by atoms with Crippen LogP contribution in [-0.4, -0.2) is 56.3 Å². The number of halogens is 2. The van der Waals surface area contributed by atoms with Crippen LogP contribution in [0.25, 0.3) is 22.1 Å². The monoisotopic (exact) mass is 573 g/mol. The molecule has 0 radical (unpaired) electrons. The maximum absolute atomic E-state index is 14.6. The van der Waals surface area contributed by atoms with E-state index in [9.17, 15) is 9.18 Å². The third-order valence-corrected chi connectivity index (χ3v) is 8.37. The van der Waals surface area contributed by atoms with E-state index in [2.05, 4.69) is 20.1 Å². The second-order valence-corrected chi connectivity index (χ2v) is 11.1. The third kappa shape index (κ3) is 4.88. The van der Waals surface area contributed by atoms with Crippen LogP contribution in [0.15, 0.2) is 54.6 Å². The van der Waals surface area contributed by atoms with Crippen LogP contribution >= 0.6 is 11.6 Å². The Morgan fingerprint density at radius 3 is 2.76 bits per heavy atom. The lowest BCUT2D eigenvalue weighted by Crippen LogP contribution is -2.35. The molecule has 1 fully saturated rings. The number of imidazole rings is 2. The van der Waals surface area contributed by atoms with E-state index in [-0.39, 0.29) is 17.9 Å². The summed E-state index contributed by atoms with van der Waals surface area (Å²) in [6.45, 7) is 4.40. The van der Waals surface area contributed by atoms with Crippen LogP contribution in [0.5, 0.6) is 0 Å². The molecule has 0 spiro atoms. The van der Waals surface area contributed by atoms with Gasteiger partial charge in [-0.15, -0.1) is 0 Å². The molecule has 0 saturated carbocycles. The standard InChI is InChI=1S/C31H29ClFN5O3/c1-40-31(39)21-6-8-25-27(14-21)38(16-23-9-12-41-23)28(34-25)17-36-10-11-37-26-4-2-3-20(30(26)35-29(37)18-36)13-19-5-7-22(32)15-24(19)33/h2-8,14-15,23H,9-13,16-18H2,1H3. The van der Waals surface area contributed by atoms with Crippen molar-refractivity contribution in [3.05, 3.63) is 93.8 Å². The number of esters is 1. The molecule has 7 rings (SSSR count). The zero-order valence-electron chi connectivity index (χ0n) is 22.6. The lowest BCUT2D eigenvalue weighted by atomic mass is 10.0. The number of hydrogen-bond acceptors (Lipinski definition) is 6. The van der Waals surface area contributed by atoms with E-state index in [0.29, 0.717) is 42.2 Å². The number of nitrogens with zero attached hydrogens (tertiary/aromatic N) is 5. The molecule has 2 aliphatic heterocycles. The van der Waals surface area contributed by atoms with E-state index in [4.69, 9.17) is 31.0 Å². The number of ether oxygens (including phenoxy) is 2. The molecular formula is C31H29ClFN5O3. The molecule has 0 bridgehead atoms. The summed E-state index contributed by atoms with van der Waals surface area (Å²) in [6.07, 6.45) is 1.59. The van der Waals surface area contributed by atoms with Gasteiger partial charge in [0.1, 0.15) is 17.5 Å². The maximum Gasteiger partial charge on any atom is 0.337 e. The fraction of sp³-hybridized carbons (Fsp3) is 0.323. The molecule has 3 aromatic carbocycles. The molecule has 2 aromatic heterocycles. The molecule has 1 atom stereocenters. The van der Waals surface area contributed by atoms with Gasteiger partial charge in [0.2, 0.25) is 0 Å². The van der Waals surface area contributed by atoms with Crippen molar-refractivity contribution in [2.75, 3.05) is 20.3 Å². The number of fused-ring (bicyclic) bond motifs is 4. The zero-order valence-corrected chi connectivity index (χ0v) is 23.4. The summed E-state index contributed by atoms with van der Waals surface area (Å²) in [5.41, 5.74) is 5.81. The van der Waals surface area contributed by atoms with E-state index in [1.165, 1.54) is 13.2 Å². The second-order valence-electron chi connectivity index (χ2n) is 10.7. The molecule has 8 nitrogen and oxygen atoms in total. The summed E-state index contributed by atoms with van der Waals surface area (Å²) >= 11 is 5.96. The highest BCUT2D eigenvalue weighted by Crippen LogP contribution is 2.28. The largest absolute Gasteiger partial charge is 0.465 e. The first kappa shape index (κ1) is 26.1. The predicted octanol–water partition coefficient (Wildman–Crippen LogP) is 5.36. The Morgan fingerprint density at radius 1 is 1.10 bits per heavy atom. The first-order valence-corrected chi connectivity index (χ1v) is 14.2. The zero-order chi connectivity index (χ0) is 28.1. The van der Waals surface area contributed by atoms with E-state index >= 15 is 0 Å². The molecule has 0 amide bonds. The number of methoxy groups -OCH3 is 1. The van der Waals surface area contributed by atoms with Crippen molar-refractivity contribution >= 4 is 39.6 Å². The van der Waals surface area contributed by atoms with Gasteiger partial charge in [-0.1, -0.05) is 29.8 Å². The highest BCUT2D eigenvalue weighted by molar-refractivity contribution is 6.30. The summed E-state index contributed by atoms with van der Waals surface area (Å²) in [7, 11) is 1.39. The Balaban J connectivity index is 1.17. The maximum atomic E-state index is 14.6. The van der Waals surface area contributed by atoms with Gasteiger partial charge in [0, 0.05) is 31.1 Å². The Bertz CT molecular complexity index is 1790. The van der Waals surface area contributed by atoms with Crippen LogP contribution in [-0.2, 0) is 42.1 Å². The molecule has 10 heteroatoms. The van der Waals surface area contributed by atoms with Crippen LogP contribution in [0.2, 0.25) is 5.02 Å². The number of carbonyl (C=O) groups is 1. The van der Waals surface area contributed by atoms with Crippen LogP contribution in [0.1, 0.15) is 39.6 Å². The fourth-order valence-corrected chi connectivity index (χ4v) is 6.02. The van der Waals surface area contributed by atoms with E-state index in [1.54, 1.807) is 18.2 Å². The van der Waals surface area contributed by atoms with Crippen LogP contribution in [0, 0.1) is 5.82 Å². The molecule has 5 aromatic rings. The van der Waals surface area contributed by atoms with Crippen molar-refractivity contribution < 1.29 is 18.7 Å². The Labute approximate surface area is 241 Å². The number of benzene rings is 3. The topological polar surface area (TPSA) is 74.4 Å². The number of aromatic nitrogens is 4. The summed E-state index contributed by atoms with van der Waals surface area (Å²) in [5, 5.41) is 0.389. The number of hydrogen-bond donors (Lipinski definition) is 0. The second kappa shape index (κ2) is 10.6. The van der Waals surface area contributed by atoms with E-state index < -0.39 is 0 Å². The van der Waals surface area contributed by atoms with Gasteiger partial charge in [-0.2, -0.15) is 0 Å². The molecule has 0 aliphatic carbocycles. The van der Waals surface area contributed by atoms with Crippen molar-refractivity contribution in [1.29, 1.82) is 0 Å². The highest BCUT2D eigenvalue weighted by Gasteiger charge is 2.26. The normalized spacial score (nSPS) is 17.1. The molecule has 1 saturated heterocycles. The third-order valence-electron chi connectivity index (χ3n) is 8.14. The number of para-hydroxylation sites is 1. The number of rotatable bonds is 7. The van der Waals surface area contributed by atoms with Gasteiger partial charge in [-0.25, -0.2) is 19.2 Å². The molecule has 0 N–H and O–H groups in total. The summed E-state index contributed by atoms with van der Waals surface area (Å²) in [5.74, 6) is 1.24. The lowest BCUT2D eigenvalue weighted by Gasteiger charge is -2.30.